The van der Waals surface area contributed by atoms with Gasteiger partial charge in [-0.15, -0.1) is 0 Å². The third kappa shape index (κ3) is 3.67. The topological polar surface area (TPSA) is 54.1 Å². The number of nitrogens with one attached hydrogen (secondary N) is 2. The predicted octanol–water partition coefficient (Wildman–Crippen LogP) is 3.61. The standard InChI is InChI=1S/C18H23FN2O2Si2/c1-23-16-9-11(19)8-14-13(16)10-15(21-14)17(22)20-12-4-6-18(24-2,25-3)7-5-12/h8-10,12,21H,4-7H2,1-3H3,(H,20,22). The van der Waals surface area contributed by atoms with Crippen LogP contribution in [0, 0.1) is 5.82 Å². The SMILES string of the molecule is COc1cc(F)cc2[nH]c(C(=O)NC3CCC([Si]C)([Si]C)CC3)cc12. The number of fused-ring (bicyclic) bond motifs is 1. The van der Waals surface area contributed by atoms with Gasteiger partial charge in [0.05, 0.1) is 12.6 Å². The molecule has 0 unspecified atom stereocenters. The van der Waals surface area contributed by atoms with Crippen molar-refractivity contribution in [1.82, 2.24) is 10.3 Å². The minimum atomic E-state index is -0.387. The smallest absolute Gasteiger partial charge is 0.267 e. The maximum atomic E-state index is 13.6. The number of halogens is 1. The summed E-state index contributed by atoms with van der Waals surface area (Å²) in [4.78, 5) is 15.6. The van der Waals surface area contributed by atoms with Crippen LogP contribution >= 0.6 is 0 Å². The van der Waals surface area contributed by atoms with Crippen molar-refractivity contribution in [1.29, 1.82) is 0 Å². The van der Waals surface area contributed by atoms with E-state index in [4.69, 9.17) is 4.74 Å². The van der Waals surface area contributed by atoms with Gasteiger partial charge in [0.15, 0.2) is 0 Å². The molecule has 1 aliphatic carbocycles. The van der Waals surface area contributed by atoms with E-state index in [-0.39, 0.29) is 17.8 Å². The van der Waals surface area contributed by atoms with Crippen molar-refractivity contribution in [2.45, 2.75) is 49.5 Å². The van der Waals surface area contributed by atoms with Crippen LogP contribution < -0.4 is 10.1 Å². The molecule has 0 bridgehead atoms. The molecule has 2 aromatic rings. The highest BCUT2D eigenvalue weighted by Gasteiger charge is 2.33. The minimum Gasteiger partial charge on any atom is -0.496 e. The molecule has 2 N–H and O–H groups in total. The number of methoxy groups -OCH3 is 1. The van der Waals surface area contributed by atoms with Crippen LogP contribution in [0.4, 0.5) is 4.39 Å². The Kier molecular flexibility index (Phi) is 5.33. The molecule has 0 spiro atoms. The minimum absolute atomic E-state index is 0.131. The predicted molar refractivity (Wildman–Crippen MR) is 100 cm³/mol. The molecule has 4 radical (unpaired) electrons. The monoisotopic (exact) mass is 374 g/mol. The van der Waals surface area contributed by atoms with E-state index in [9.17, 15) is 9.18 Å². The van der Waals surface area contributed by atoms with Crippen molar-refractivity contribution in [2.75, 3.05) is 7.11 Å². The van der Waals surface area contributed by atoms with Crippen molar-refractivity contribution in [2.24, 2.45) is 0 Å². The van der Waals surface area contributed by atoms with Gasteiger partial charge in [-0.25, -0.2) is 4.39 Å². The Balaban J connectivity index is 1.71. The summed E-state index contributed by atoms with van der Waals surface area (Å²) in [5.74, 6) is -0.0859. The fraction of sp³-hybridized carbons (Fsp3) is 0.500. The molecule has 1 fully saturated rings. The van der Waals surface area contributed by atoms with Gasteiger partial charge >= 0.3 is 0 Å². The number of H-pyrrole nitrogens is 1. The Morgan fingerprint density at radius 3 is 2.56 bits per heavy atom. The van der Waals surface area contributed by atoms with Crippen LogP contribution in [0.15, 0.2) is 18.2 Å². The number of aromatic amines is 1. The van der Waals surface area contributed by atoms with Crippen molar-refractivity contribution < 1.29 is 13.9 Å². The average molecular weight is 375 g/mol. The molecule has 1 saturated carbocycles. The molecule has 0 saturated heterocycles. The average Bonchev–Trinajstić information content (AvgIpc) is 3.06. The van der Waals surface area contributed by atoms with Gasteiger partial charge in [-0.2, -0.15) is 0 Å². The zero-order valence-corrected chi connectivity index (χ0v) is 16.8. The summed E-state index contributed by atoms with van der Waals surface area (Å²) in [7, 11) is 3.44. The fourth-order valence-electron chi connectivity index (χ4n) is 3.61. The number of ether oxygens (including phenoxy) is 1. The van der Waals surface area contributed by atoms with Crippen LogP contribution in [-0.2, 0) is 0 Å². The van der Waals surface area contributed by atoms with E-state index in [1.165, 1.54) is 32.1 Å². The third-order valence-electron chi connectivity index (χ3n) is 5.26. The number of hydrogen-bond acceptors (Lipinski definition) is 2. The molecule has 0 atom stereocenters. The molecule has 1 heterocycles. The van der Waals surface area contributed by atoms with Gasteiger partial charge in [0.1, 0.15) is 17.3 Å². The number of hydrogen-bond donors (Lipinski definition) is 2. The fourth-order valence-corrected chi connectivity index (χ4v) is 6.18. The van der Waals surface area contributed by atoms with Crippen LogP contribution in [0.1, 0.15) is 36.2 Å². The molecule has 1 aliphatic rings. The third-order valence-corrected chi connectivity index (χ3v) is 9.68. The first-order valence-corrected chi connectivity index (χ1v) is 11.5. The van der Waals surface area contributed by atoms with Gasteiger partial charge in [0.2, 0.25) is 0 Å². The quantitative estimate of drug-likeness (QED) is 0.786. The van der Waals surface area contributed by atoms with Gasteiger partial charge in [-0.3, -0.25) is 4.79 Å². The van der Waals surface area contributed by atoms with Crippen LogP contribution in [-0.4, -0.2) is 43.1 Å². The van der Waals surface area contributed by atoms with Crippen molar-refractivity contribution >= 4 is 35.8 Å². The second-order valence-corrected chi connectivity index (χ2v) is 10.00. The van der Waals surface area contributed by atoms with Crippen molar-refractivity contribution in [3.05, 3.63) is 29.7 Å². The summed E-state index contributed by atoms with van der Waals surface area (Å²) >= 11 is 0. The second-order valence-electron chi connectivity index (χ2n) is 6.58. The number of rotatable bonds is 5. The summed E-state index contributed by atoms with van der Waals surface area (Å²) in [6, 6.07) is 4.67. The van der Waals surface area contributed by atoms with E-state index < -0.39 is 0 Å². The lowest BCUT2D eigenvalue weighted by Crippen LogP contribution is -2.41. The Hall–Kier alpha value is -1.61. The van der Waals surface area contributed by atoms with Crippen molar-refractivity contribution in [3.63, 3.8) is 0 Å². The highest BCUT2D eigenvalue weighted by atomic mass is 28.3. The van der Waals surface area contributed by atoms with E-state index in [0.717, 1.165) is 37.3 Å². The van der Waals surface area contributed by atoms with E-state index in [2.05, 4.69) is 23.4 Å². The summed E-state index contributed by atoms with van der Waals surface area (Å²) < 4.78 is 19.3. The van der Waals surface area contributed by atoms with Gasteiger partial charge in [-0.05, 0) is 29.6 Å². The zero-order valence-electron chi connectivity index (χ0n) is 14.8. The Morgan fingerprint density at radius 1 is 1.28 bits per heavy atom. The summed E-state index contributed by atoms with van der Waals surface area (Å²) in [5.41, 5.74) is 1.02. The number of carbonyl (C=O) groups excluding carboxylic acids is 1. The van der Waals surface area contributed by atoms with Crippen LogP contribution in [0.25, 0.3) is 10.9 Å². The molecule has 1 aromatic heterocycles. The summed E-state index contributed by atoms with van der Waals surface area (Å²) in [6.45, 7) is 4.60. The van der Waals surface area contributed by atoms with Crippen LogP contribution in [0.5, 0.6) is 5.75 Å². The number of benzene rings is 1. The van der Waals surface area contributed by atoms with Gasteiger partial charge in [0.25, 0.3) is 5.91 Å². The molecule has 25 heavy (non-hydrogen) atoms. The summed E-state index contributed by atoms with van der Waals surface area (Å²) in [5, 5.41) is 3.85. The van der Waals surface area contributed by atoms with Crippen molar-refractivity contribution in [3.8, 4) is 5.75 Å². The maximum Gasteiger partial charge on any atom is 0.267 e. The number of aromatic nitrogens is 1. The first kappa shape index (κ1) is 18.2. The maximum absolute atomic E-state index is 13.6. The largest absolute Gasteiger partial charge is 0.496 e. The number of carbonyl (C=O) groups is 1. The lowest BCUT2D eigenvalue weighted by atomic mass is 9.94. The van der Waals surface area contributed by atoms with E-state index in [0.29, 0.717) is 21.6 Å². The lowest BCUT2D eigenvalue weighted by molar-refractivity contribution is 0.0922. The molecule has 1 amide bonds. The van der Waals surface area contributed by atoms with E-state index in [1.54, 1.807) is 6.07 Å². The summed E-state index contributed by atoms with van der Waals surface area (Å²) in [6.07, 6.45) is 4.44. The second kappa shape index (κ2) is 7.33. The molecular weight excluding hydrogens is 351 g/mol. The molecule has 4 nitrogen and oxygen atoms in total. The lowest BCUT2D eigenvalue weighted by Gasteiger charge is -2.38. The molecule has 0 aliphatic heterocycles. The van der Waals surface area contributed by atoms with Gasteiger partial charge in [0, 0.05) is 36.5 Å². The molecule has 132 valence electrons. The van der Waals surface area contributed by atoms with E-state index >= 15 is 0 Å². The van der Waals surface area contributed by atoms with Gasteiger partial charge in [-0.1, -0.05) is 25.9 Å². The molecule has 1 aromatic carbocycles. The highest BCUT2D eigenvalue weighted by Crippen LogP contribution is 2.41. The van der Waals surface area contributed by atoms with Gasteiger partial charge < -0.3 is 15.0 Å². The van der Waals surface area contributed by atoms with Crippen LogP contribution in [0.2, 0.25) is 17.8 Å². The highest BCUT2D eigenvalue weighted by molar-refractivity contribution is 6.60. The molecule has 3 rings (SSSR count). The molecular formula is C18H23FN2O2Si2. The first-order valence-electron chi connectivity index (χ1n) is 8.55. The van der Waals surface area contributed by atoms with Crippen LogP contribution in [0.3, 0.4) is 0 Å². The first-order chi connectivity index (χ1) is 12.0. The zero-order chi connectivity index (χ0) is 18.0. The van der Waals surface area contributed by atoms with E-state index in [1.807, 2.05) is 0 Å². The Morgan fingerprint density at radius 2 is 1.96 bits per heavy atom. The Bertz CT molecular complexity index is 764. The normalized spacial score (nSPS) is 17.6. The Labute approximate surface area is 152 Å². The molecule has 7 heteroatoms. The number of amides is 1.